The molecule has 2 saturated heterocycles. The van der Waals surface area contributed by atoms with Gasteiger partial charge in [-0.05, 0) is 47.5 Å². The maximum Gasteiger partial charge on any atom is 0.341 e. The first kappa shape index (κ1) is 24.9. The molecule has 188 valence electrons. The van der Waals surface area contributed by atoms with Crippen molar-refractivity contribution in [2.75, 3.05) is 0 Å². The lowest BCUT2D eigenvalue weighted by Gasteiger charge is -2.61. The molecule has 4 aliphatic rings. The molecule has 9 nitrogen and oxygen atoms in total. The molecule has 4 fully saturated rings. The summed E-state index contributed by atoms with van der Waals surface area (Å²) in [5.41, 5.74) is -3.41. The number of ether oxygens (including phenoxy) is 4. The smallest absolute Gasteiger partial charge is 0.341 e. The normalized spacial score (nSPS) is 47.9. The van der Waals surface area contributed by atoms with E-state index in [0.717, 1.165) is 0 Å². The van der Waals surface area contributed by atoms with Crippen molar-refractivity contribution in [3.8, 4) is 0 Å². The molecule has 0 amide bonds. The predicted molar refractivity (Wildman–Crippen MR) is 118 cm³/mol. The van der Waals surface area contributed by atoms with Gasteiger partial charge in [0.1, 0.15) is 18.3 Å². The van der Waals surface area contributed by atoms with E-state index in [9.17, 15) is 24.6 Å². The summed E-state index contributed by atoms with van der Waals surface area (Å²) in [5.74, 6) is -3.66. The third kappa shape index (κ3) is 3.43. The van der Waals surface area contributed by atoms with Crippen molar-refractivity contribution >= 4 is 17.9 Å². The second kappa shape index (κ2) is 7.90. The molecule has 2 saturated carbocycles. The highest BCUT2D eigenvalue weighted by atomic mass is 16.7. The minimum absolute atomic E-state index is 0.0689. The van der Waals surface area contributed by atoms with Gasteiger partial charge in [-0.25, -0.2) is 14.4 Å². The Bertz CT molecular complexity index is 967. The van der Waals surface area contributed by atoms with Gasteiger partial charge >= 0.3 is 17.9 Å². The lowest BCUT2D eigenvalue weighted by atomic mass is 9.49. The van der Waals surface area contributed by atoms with Gasteiger partial charge in [0.25, 0.3) is 0 Å². The van der Waals surface area contributed by atoms with Gasteiger partial charge in [0.2, 0.25) is 0 Å². The van der Waals surface area contributed by atoms with Crippen LogP contribution in [0.15, 0.2) is 23.8 Å². The van der Waals surface area contributed by atoms with Crippen LogP contribution in [0.3, 0.4) is 0 Å². The third-order valence-electron chi connectivity index (χ3n) is 8.62. The molecule has 34 heavy (non-hydrogen) atoms. The number of rotatable bonds is 4. The fraction of sp³-hybridized carbons (Fsp3) is 0.720. The summed E-state index contributed by atoms with van der Waals surface area (Å²) >= 11 is 0. The Hall–Kier alpha value is -2.23. The minimum atomic E-state index is -1.35. The van der Waals surface area contributed by atoms with Gasteiger partial charge in [0.15, 0.2) is 5.60 Å². The molecular weight excluding hydrogens is 444 g/mol. The van der Waals surface area contributed by atoms with Crippen molar-refractivity contribution < 1.29 is 43.5 Å². The van der Waals surface area contributed by atoms with E-state index < -0.39 is 70.8 Å². The van der Waals surface area contributed by atoms with Crippen molar-refractivity contribution in [2.45, 2.75) is 96.1 Å². The SMILES string of the molecule is C=C1C(=O)O[C@@H]2[C@H]1[C@H](OC(=O)[C@]1(C)O[C@@H]1C)[C@@H](OC(=O)/C(C)=C\C)[C@@]1(C)[C@H](O)CC[C@](C)(O)[C@H]21. The molecule has 2 aliphatic carbocycles. The predicted octanol–water partition coefficient (Wildman–Crippen LogP) is 1.59. The molecule has 0 aromatic carbocycles. The van der Waals surface area contributed by atoms with Crippen molar-refractivity contribution in [3.63, 3.8) is 0 Å². The number of aliphatic hydroxyl groups excluding tert-OH is 1. The number of epoxide rings is 1. The molecule has 2 heterocycles. The van der Waals surface area contributed by atoms with E-state index in [-0.39, 0.29) is 24.5 Å². The fourth-order valence-corrected chi connectivity index (χ4v) is 6.10. The van der Waals surface area contributed by atoms with E-state index in [1.54, 1.807) is 47.6 Å². The van der Waals surface area contributed by atoms with Crippen molar-refractivity contribution in [2.24, 2.45) is 17.3 Å². The van der Waals surface area contributed by atoms with Crippen molar-refractivity contribution in [3.05, 3.63) is 23.8 Å². The summed E-state index contributed by atoms with van der Waals surface area (Å²) in [5, 5.41) is 22.7. The summed E-state index contributed by atoms with van der Waals surface area (Å²) in [6.07, 6.45) is -2.60. The van der Waals surface area contributed by atoms with Crippen LogP contribution >= 0.6 is 0 Å². The second-order valence-electron chi connectivity index (χ2n) is 10.7. The first-order valence-corrected chi connectivity index (χ1v) is 11.7. The van der Waals surface area contributed by atoms with E-state index in [4.69, 9.17) is 18.9 Å². The molecule has 9 heteroatoms. The summed E-state index contributed by atoms with van der Waals surface area (Å²) in [6, 6.07) is 0. The van der Waals surface area contributed by atoms with Gasteiger partial charge in [0.05, 0.1) is 23.7 Å². The average molecular weight is 479 g/mol. The average Bonchev–Trinajstić information content (AvgIpc) is 3.29. The molecule has 0 radical (unpaired) electrons. The van der Waals surface area contributed by atoms with Crippen LogP contribution in [0.5, 0.6) is 0 Å². The Morgan fingerprint density at radius 3 is 2.41 bits per heavy atom. The van der Waals surface area contributed by atoms with Gasteiger partial charge in [-0.15, -0.1) is 0 Å². The Morgan fingerprint density at radius 1 is 1.24 bits per heavy atom. The summed E-state index contributed by atoms with van der Waals surface area (Å²) in [4.78, 5) is 38.7. The van der Waals surface area contributed by atoms with E-state index in [0.29, 0.717) is 5.57 Å². The quantitative estimate of drug-likeness (QED) is 0.268. The number of carbonyl (C=O) groups is 3. The van der Waals surface area contributed by atoms with Crippen LogP contribution in [-0.2, 0) is 33.3 Å². The van der Waals surface area contributed by atoms with E-state index in [1.165, 1.54) is 0 Å². The zero-order valence-electron chi connectivity index (χ0n) is 20.5. The van der Waals surface area contributed by atoms with Crippen molar-refractivity contribution in [1.82, 2.24) is 0 Å². The molecule has 0 unspecified atom stereocenters. The third-order valence-corrected chi connectivity index (χ3v) is 8.62. The monoisotopic (exact) mass is 478 g/mol. The van der Waals surface area contributed by atoms with Crippen molar-refractivity contribution in [1.29, 1.82) is 0 Å². The highest BCUT2D eigenvalue weighted by molar-refractivity contribution is 5.92. The Morgan fingerprint density at radius 2 is 1.85 bits per heavy atom. The number of hydrogen-bond donors (Lipinski definition) is 2. The number of hydrogen-bond acceptors (Lipinski definition) is 9. The highest BCUT2D eigenvalue weighted by Crippen LogP contribution is 2.60. The molecule has 0 spiro atoms. The topological polar surface area (TPSA) is 132 Å². The number of allylic oxidation sites excluding steroid dienone is 1. The number of carbonyl (C=O) groups excluding carboxylic acids is 3. The molecular formula is C25H34O9. The maximum absolute atomic E-state index is 13.1. The van der Waals surface area contributed by atoms with Crippen LogP contribution < -0.4 is 0 Å². The zero-order valence-corrected chi connectivity index (χ0v) is 20.5. The van der Waals surface area contributed by atoms with E-state index in [1.807, 2.05) is 0 Å². The van der Waals surface area contributed by atoms with Crippen LogP contribution in [-0.4, -0.2) is 69.8 Å². The molecule has 0 bridgehead atoms. The lowest BCUT2D eigenvalue weighted by Crippen LogP contribution is -2.72. The summed E-state index contributed by atoms with van der Waals surface area (Å²) in [7, 11) is 0. The first-order chi connectivity index (χ1) is 15.7. The summed E-state index contributed by atoms with van der Waals surface area (Å²) < 4.78 is 23.0. The molecule has 2 aliphatic heterocycles. The van der Waals surface area contributed by atoms with Gasteiger partial charge in [-0.2, -0.15) is 0 Å². The molecule has 0 aromatic heterocycles. The zero-order chi connectivity index (χ0) is 25.4. The standard InChI is InChI=1S/C25H34O9/c1-8-11(2)20(27)33-19-17(32-22(29)25(7)13(4)34-25)15-12(3)21(28)31-16(15)18-23(5,30)10-9-14(26)24(18,19)6/h8,13-19,26,30H,3,9-10H2,1-2,4-7H3/b11-8-/t13-,14-,15+,16-,17+,18+,19-,23+,24+,25-/m1/s1. The van der Waals surface area contributed by atoms with Gasteiger partial charge in [0, 0.05) is 22.5 Å². The molecule has 2 N–H and O–H groups in total. The van der Waals surface area contributed by atoms with Crippen LogP contribution in [0.4, 0.5) is 0 Å². The highest BCUT2D eigenvalue weighted by Gasteiger charge is 2.72. The van der Waals surface area contributed by atoms with Gasteiger partial charge in [-0.3, -0.25) is 0 Å². The minimum Gasteiger partial charge on any atom is -0.458 e. The largest absolute Gasteiger partial charge is 0.458 e. The van der Waals surface area contributed by atoms with Gasteiger partial charge in [-0.1, -0.05) is 19.6 Å². The Labute approximate surface area is 199 Å². The summed E-state index contributed by atoms with van der Waals surface area (Å²) in [6.45, 7) is 13.8. The molecule has 4 rings (SSSR count). The maximum atomic E-state index is 13.1. The van der Waals surface area contributed by atoms with E-state index >= 15 is 0 Å². The van der Waals surface area contributed by atoms with Crippen LogP contribution in [0, 0.1) is 17.3 Å². The molecule has 0 aromatic rings. The Balaban J connectivity index is 1.85. The lowest BCUT2D eigenvalue weighted by molar-refractivity contribution is -0.277. The number of fused-ring (bicyclic) bond motifs is 3. The van der Waals surface area contributed by atoms with Crippen LogP contribution in [0.1, 0.15) is 54.4 Å². The molecule has 10 atom stereocenters. The fourth-order valence-electron chi connectivity index (χ4n) is 6.10. The van der Waals surface area contributed by atoms with E-state index in [2.05, 4.69) is 6.58 Å². The Kier molecular flexibility index (Phi) is 5.78. The first-order valence-electron chi connectivity index (χ1n) is 11.7. The van der Waals surface area contributed by atoms with Crippen LogP contribution in [0.25, 0.3) is 0 Å². The van der Waals surface area contributed by atoms with Crippen LogP contribution in [0.2, 0.25) is 0 Å². The van der Waals surface area contributed by atoms with Gasteiger partial charge < -0.3 is 29.2 Å². The number of aliphatic hydroxyl groups is 2. The number of esters is 3. The second-order valence-corrected chi connectivity index (χ2v) is 10.7.